The first-order valence-corrected chi connectivity index (χ1v) is 7.96. The van der Waals surface area contributed by atoms with E-state index in [1.54, 1.807) is 11.3 Å². The maximum absolute atomic E-state index is 6.10. The average molecular weight is 321 g/mol. The first-order chi connectivity index (χ1) is 9.90. The lowest BCUT2D eigenvalue weighted by Gasteiger charge is -2.16. The van der Waals surface area contributed by atoms with Gasteiger partial charge in [0.2, 0.25) is 0 Å². The van der Waals surface area contributed by atoms with Crippen LogP contribution >= 0.6 is 22.9 Å². The van der Waals surface area contributed by atoms with E-state index in [1.807, 2.05) is 13.0 Å². The summed E-state index contributed by atoms with van der Waals surface area (Å²) in [5, 5.41) is 0.951. The van der Waals surface area contributed by atoms with Crippen molar-refractivity contribution in [2.75, 3.05) is 5.73 Å². The van der Waals surface area contributed by atoms with Gasteiger partial charge in [0.1, 0.15) is 17.3 Å². The second kappa shape index (κ2) is 5.00. The molecule has 0 aromatic carbocycles. The monoisotopic (exact) mass is 320 g/mol. The Labute approximate surface area is 132 Å². The Morgan fingerprint density at radius 3 is 2.57 bits per heavy atom. The summed E-state index contributed by atoms with van der Waals surface area (Å²) in [5.74, 6) is 1.24. The van der Waals surface area contributed by atoms with E-state index in [0.717, 1.165) is 26.6 Å². The lowest BCUT2D eigenvalue weighted by Crippen LogP contribution is -2.08. The van der Waals surface area contributed by atoms with Crippen molar-refractivity contribution in [3.8, 4) is 0 Å². The highest BCUT2D eigenvalue weighted by Gasteiger charge is 2.21. The van der Waals surface area contributed by atoms with Crippen LogP contribution in [0.15, 0.2) is 12.1 Å². The van der Waals surface area contributed by atoms with Gasteiger partial charge in [0.15, 0.2) is 0 Å². The number of aromatic nitrogens is 3. The highest BCUT2D eigenvalue weighted by molar-refractivity contribution is 7.16. The van der Waals surface area contributed by atoms with Crippen LogP contribution in [0.3, 0.4) is 0 Å². The van der Waals surface area contributed by atoms with Gasteiger partial charge in [-0.2, -0.15) is 0 Å². The molecule has 4 nitrogen and oxygen atoms in total. The number of hydrogen-bond acceptors (Lipinski definition) is 4. The van der Waals surface area contributed by atoms with Crippen LogP contribution in [0.25, 0.3) is 11.0 Å². The first kappa shape index (κ1) is 14.4. The van der Waals surface area contributed by atoms with Crippen molar-refractivity contribution in [2.45, 2.75) is 33.7 Å². The molecule has 0 aliphatic carbocycles. The average Bonchev–Trinajstić information content (AvgIpc) is 2.93. The second-order valence-corrected chi connectivity index (χ2v) is 7.00. The molecular weight excluding hydrogens is 304 g/mol. The molecule has 0 aliphatic rings. The molecule has 0 aliphatic heterocycles. The Morgan fingerprint density at radius 2 is 1.95 bits per heavy atom. The van der Waals surface area contributed by atoms with Crippen molar-refractivity contribution in [2.24, 2.45) is 0 Å². The summed E-state index contributed by atoms with van der Waals surface area (Å²) in [6.45, 7) is 8.18. The van der Waals surface area contributed by atoms with Gasteiger partial charge in [0.25, 0.3) is 0 Å². The Kier molecular flexibility index (Phi) is 3.42. The third-order valence-corrected chi connectivity index (χ3v) is 5.33. The van der Waals surface area contributed by atoms with E-state index in [4.69, 9.17) is 17.3 Å². The number of thiophene rings is 1. The van der Waals surface area contributed by atoms with Crippen molar-refractivity contribution in [3.05, 3.63) is 38.4 Å². The smallest absolute Gasteiger partial charge is 0.146 e. The van der Waals surface area contributed by atoms with Crippen molar-refractivity contribution < 1.29 is 0 Å². The molecular formula is C15H17ClN4S. The summed E-state index contributed by atoms with van der Waals surface area (Å²) in [4.78, 5) is 10.1. The summed E-state index contributed by atoms with van der Waals surface area (Å²) in [6.07, 6.45) is 0. The molecule has 0 spiro atoms. The number of aryl methyl sites for hydroxylation is 2. The number of nitrogens with two attached hydrogens (primary N) is 1. The SMILES string of the molecule is Cc1nc(N)c2c(C)c(C)n(C(C)c3ccc(Cl)s3)c2n1. The molecule has 2 N–H and O–H groups in total. The molecule has 0 radical (unpaired) electrons. The van der Waals surface area contributed by atoms with Gasteiger partial charge in [-0.25, -0.2) is 9.97 Å². The molecule has 0 amide bonds. The molecule has 3 aromatic heterocycles. The molecule has 110 valence electrons. The number of rotatable bonds is 2. The summed E-state index contributed by atoms with van der Waals surface area (Å²) in [7, 11) is 0. The fourth-order valence-corrected chi connectivity index (χ4v) is 3.89. The molecule has 0 fully saturated rings. The quantitative estimate of drug-likeness (QED) is 0.767. The third kappa shape index (κ3) is 2.21. The number of nitrogen functional groups attached to an aromatic ring is 1. The largest absolute Gasteiger partial charge is 0.383 e. The third-order valence-electron chi connectivity index (χ3n) is 3.93. The standard InChI is InChI=1S/C15H17ClN4S/c1-7-8(2)20(9(3)11-5-6-12(16)21-11)15-13(7)14(17)18-10(4)19-15/h5-6,9H,1-4H3,(H2,17,18,19). The highest BCUT2D eigenvalue weighted by atomic mass is 35.5. The number of halogens is 1. The van der Waals surface area contributed by atoms with Crippen molar-refractivity contribution in [1.82, 2.24) is 14.5 Å². The zero-order valence-electron chi connectivity index (χ0n) is 12.4. The predicted octanol–water partition coefficient (Wildman–Crippen LogP) is 4.26. The van der Waals surface area contributed by atoms with Gasteiger partial charge in [-0.15, -0.1) is 11.3 Å². The van der Waals surface area contributed by atoms with E-state index in [2.05, 4.69) is 41.4 Å². The van der Waals surface area contributed by atoms with Crippen LogP contribution < -0.4 is 5.73 Å². The van der Waals surface area contributed by atoms with Crippen LogP contribution in [0, 0.1) is 20.8 Å². The number of hydrogen-bond donors (Lipinski definition) is 1. The molecule has 1 unspecified atom stereocenters. The molecule has 21 heavy (non-hydrogen) atoms. The molecule has 0 bridgehead atoms. The fraction of sp³-hybridized carbons (Fsp3) is 0.333. The predicted molar refractivity (Wildman–Crippen MR) is 89.3 cm³/mol. The van der Waals surface area contributed by atoms with Crippen molar-refractivity contribution in [1.29, 1.82) is 0 Å². The van der Waals surface area contributed by atoms with E-state index < -0.39 is 0 Å². The maximum Gasteiger partial charge on any atom is 0.146 e. The van der Waals surface area contributed by atoms with Crippen LogP contribution in [-0.2, 0) is 0 Å². The number of anilines is 1. The summed E-state index contributed by atoms with van der Waals surface area (Å²) >= 11 is 7.66. The topological polar surface area (TPSA) is 56.7 Å². The van der Waals surface area contributed by atoms with E-state index in [-0.39, 0.29) is 6.04 Å². The van der Waals surface area contributed by atoms with Gasteiger partial charge >= 0.3 is 0 Å². The van der Waals surface area contributed by atoms with Gasteiger partial charge in [-0.3, -0.25) is 0 Å². The van der Waals surface area contributed by atoms with Gasteiger partial charge in [-0.1, -0.05) is 11.6 Å². The van der Waals surface area contributed by atoms with Crippen LogP contribution in [0.5, 0.6) is 0 Å². The first-order valence-electron chi connectivity index (χ1n) is 6.76. The fourth-order valence-electron chi connectivity index (χ4n) is 2.79. The number of nitrogens with zero attached hydrogens (tertiary/aromatic N) is 3. The Balaban J connectivity index is 2.29. The normalized spacial score (nSPS) is 13.0. The molecule has 3 aromatic rings. The van der Waals surface area contributed by atoms with Crippen molar-refractivity contribution >= 4 is 39.8 Å². The maximum atomic E-state index is 6.10. The minimum atomic E-state index is 0.160. The molecule has 3 rings (SSSR count). The lowest BCUT2D eigenvalue weighted by atomic mass is 10.2. The minimum Gasteiger partial charge on any atom is -0.383 e. The molecule has 6 heteroatoms. The van der Waals surface area contributed by atoms with Crippen LogP contribution in [-0.4, -0.2) is 14.5 Å². The van der Waals surface area contributed by atoms with Gasteiger partial charge in [-0.05, 0) is 45.4 Å². The van der Waals surface area contributed by atoms with E-state index in [9.17, 15) is 0 Å². The molecule has 1 atom stereocenters. The zero-order valence-corrected chi connectivity index (χ0v) is 14.0. The Bertz CT molecular complexity index is 834. The summed E-state index contributed by atoms with van der Waals surface area (Å²) in [5.41, 5.74) is 9.29. The van der Waals surface area contributed by atoms with Gasteiger partial charge < -0.3 is 10.3 Å². The minimum absolute atomic E-state index is 0.160. The highest BCUT2D eigenvalue weighted by Crippen LogP contribution is 2.35. The van der Waals surface area contributed by atoms with Crippen molar-refractivity contribution in [3.63, 3.8) is 0 Å². The second-order valence-electron chi connectivity index (χ2n) is 5.25. The van der Waals surface area contributed by atoms with E-state index >= 15 is 0 Å². The molecule has 0 saturated heterocycles. The summed E-state index contributed by atoms with van der Waals surface area (Å²) in [6, 6.07) is 4.16. The number of fused-ring (bicyclic) bond motifs is 1. The van der Waals surface area contributed by atoms with E-state index in [1.165, 1.54) is 4.88 Å². The molecule has 3 heterocycles. The Hall–Kier alpha value is -1.59. The molecule has 0 saturated carbocycles. The van der Waals surface area contributed by atoms with E-state index in [0.29, 0.717) is 11.6 Å². The van der Waals surface area contributed by atoms with Gasteiger partial charge in [0, 0.05) is 10.6 Å². The van der Waals surface area contributed by atoms with Crippen LogP contribution in [0.2, 0.25) is 4.34 Å². The lowest BCUT2D eigenvalue weighted by molar-refractivity contribution is 0.649. The van der Waals surface area contributed by atoms with Crippen LogP contribution in [0.4, 0.5) is 5.82 Å². The summed E-state index contributed by atoms with van der Waals surface area (Å²) < 4.78 is 3.02. The van der Waals surface area contributed by atoms with Crippen LogP contribution in [0.1, 0.15) is 34.9 Å². The zero-order chi connectivity index (χ0) is 15.3. The van der Waals surface area contributed by atoms with Gasteiger partial charge in [0.05, 0.1) is 15.8 Å². The Morgan fingerprint density at radius 1 is 1.24 bits per heavy atom.